The standard InChI is InChI=1S/C15H23N3O3S.C10H15N3OS/c1-15(2,3)21-14(19)18-5-4-11-12(10-18)22-13(16-11)17-6-8-20-9-7-17;1-2-11-7-9-8(1)12-10(15-9)13-3-5-14-6-4-13/h4-10H2,1-3H3;11H,1-7H2. The Balaban J connectivity index is 0.000000162. The van der Waals surface area contributed by atoms with Gasteiger partial charge in [0, 0.05) is 68.4 Å². The highest BCUT2D eigenvalue weighted by atomic mass is 32.1. The molecule has 0 atom stereocenters. The van der Waals surface area contributed by atoms with Crippen LogP contribution in [0.15, 0.2) is 0 Å². The average molecular weight is 551 g/mol. The Morgan fingerprint density at radius 2 is 1.43 bits per heavy atom. The third kappa shape index (κ3) is 6.91. The third-order valence-electron chi connectivity index (χ3n) is 6.53. The summed E-state index contributed by atoms with van der Waals surface area (Å²) in [5.74, 6) is 0. The molecule has 2 fully saturated rings. The summed E-state index contributed by atoms with van der Waals surface area (Å²) in [7, 11) is 0. The topological polar surface area (TPSA) is 92.3 Å². The second-order valence-electron chi connectivity index (χ2n) is 10.5. The second kappa shape index (κ2) is 11.8. The minimum absolute atomic E-state index is 0.237. The summed E-state index contributed by atoms with van der Waals surface area (Å²) in [6.45, 7) is 16.0. The van der Waals surface area contributed by atoms with E-state index in [4.69, 9.17) is 24.2 Å². The Bertz CT molecular complexity index is 1030. The summed E-state index contributed by atoms with van der Waals surface area (Å²) < 4.78 is 16.2. The summed E-state index contributed by atoms with van der Waals surface area (Å²) in [6.07, 6.45) is 1.64. The molecule has 1 N–H and O–H groups in total. The van der Waals surface area contributed by atoms with Crippen LogP contribution in [0.2, 0.25) is 0 Å². The quantitative estimate of drug-likeness (QED) is 0.606. The number of amides is 1. The van der Waals surface area contributed by atoms with Gasteiger partial charge in [-0.3, -0.25) is 0 Å². The summed E-state index contributed by atoms with van der Waals surface area (Å²) in [4.78, 5) is 30.6. The lowest BCUT2D eigenvalue weighted by Crippen LogP contribution is -2.39. The molecule has 6 heterocycles. The largest absolute Gasteiger partial charge is 0.444 e. The SMILES string of the molecule is C1Cc2nc(N3CCOCC3)sc2CN1.CC(C)(C)OC(=O)N1CCc2nc(N3CCOCC3)sc2C1. The minimum Gasteiger partial charge on any atom is -0.444 e. The molecule has 0 radical (unpaired) electrons. The normalized spacial score (nSPS) is 20.0. The van der Waals surface area contributed by atoms with Crippen molar-refractivity contribution in [3.63, 3.8) is 0 Å². The Kier molecular flexibility index (Phi) is 8.50. The number of hydrogen-bond donors (Lipinski definition) is 1. The minimum atomic E-state index is -0.454. The molecule has 0 aromatic carbocycles. The summed E-state index contributed by atoms with van der Waals surface area (Å²) in [5.41, 5.74) is 1.98. The molecule has 10 nitrogen and oxygen atoms in total. The van der Waals surface area contributed by atoms with Gasteiger partial charge in [0.25, 0.3) is 0 Å². The first kappa shape index (κ1) is 26.6. The molecule has 6 rings (SSSR count). The van der Waals surface area contributed by atoms with E-state index in [1.54, 1.807) is 16.2 Å². The number of fused-ring (bicyclic) bond motifs is 2. The lowest BCUT2D eigenvalue weighted by Gasteiger charge is -2.29. The van der Waals surface area contributed by atoms with Gasteiger partial charge < -0.3 is 34.2 Å². The molecule has 0 bridgehead atoms. The van der Waals surface area contributed by atoms with Crippen molar-refractivity contribution in [2.24, 2.45) is 0 Å². The maximum absolute atomic E-state index is 12.2. The van der Waals surface area contributed by atoms with Crippen molar-refractivity contribution in [1.29, 1.82) is 0 Å². The lowest BCUT2D eigenvalue weighted by molar-refractivity contribution is 0.0225. The molecule has 0 aliphatic carbocycles. The van der Waals surface area contributed by atoms with Crippen molar-refractivity contribution in [3.05, 3.63) is 21.1 Å². The van der Waals surface area contributed by atoms with Crippen molar-refractivity contribution in [3.8, 4) is 0 Å². The number of ether oxygens (including phenoxy) is 3. The molecule has 37 heavy (non-hydrogen) atoms. The Morgan fingerprint density at radius 3 is 2.00 bits per heavy atom. The Labute approximate surface area is 226 Å². The maximum atomic E-state index is 12.2. The molecular formula is C25H38N6O4S2. The zero-order valence-electron chi connectivity index (χ0n) is 22.1. The van der Waals surface area contributed by atoms with Crippen LogP contribution in [0, 0.1) is 0 Å². The molecule has 2 saturated heterocycles. The first-order valence-electron chi connectivity index (χ1n) is 13.2. The van der Waals surface area contributed by atoms with Crippen LogP contribution < -0.4 is 15.1 Å². The smallest absolute Gasteiger partial charge is 0.410 e. The number of nitrogens with one attached hydrogen (secondary N) is 1. The predicted octanol–water partition coefficient (Wildman–Crippen LogP) is 2.90. The van der Waals surface area contributed by atoms with Crippen LogP contribution >= 0.6 is 22.7 Å². The number of carbonyl (C=O) groups excluding carboxylic acids is 1. The van der Waals surface area contributed by atoms with Crippen LogP contribution in [-0.2, 0) is 40.1 Å². The maximum Gasteiger partial charge on any atom is 0.410 e. The number of rotatable bonds is 2. The van der Waals surface area contributed by atoms with Gasteiger partial charge in [-0.1, -0.05) is 11.3 Å². The van der Waals surface area contributed by atoms with E-state index in [-0.39, 0.29) is 6.09 Å². The Hall–Kier alpha value is -1.99. The van der Waals surface area contributed by atoms with E-state index < -0.39 is 5.60 Å². The molecule has 12 heteroatoms. The van der Waals surface area contributed by atoms with Gasteiger partial charge in [0.2, 0.25) is 0 Å². The number of morpholine rings is 2. The Morgan fingerprint density at radius 1 is 0.865 bits per heavy atom. The molecule has 2 aromatic rings. The fraction of sp³-hybridized carbons (Fsp3) is 0.720. The van der Waals surface area contributed by atoms with Crippen molar-refractivity contribution in [2.75, 3.05) is 75.5 Å². The summed E-state index contributed by atoms with van der Waals surface area (Å²) >= 11 is 3.53. The molecule has 0 saturated carbocycles. The fourth-order valence-electron chi connectivity index (χ4n) is 4.56. The van der Waals surface area contributed by atoms with Crippen molar-refractivity contribution in [1.82, 2.24) is 20.2 Å². The molecule has 0 unspecified atom stereocenters. The fourth-order valence-corrected chi connectivity index (χ4v) is 6.86. The number of anilines is 2. The zero-order valence-corrected chi connectivity index (χ0v) is 23.7. The second-order valence-corrected chi connectivity index (χ2v) is 12.6. The van der Waals surface area contributed by atoms with E-state index >= 15 is 0 Å². The molecule has 1 amide bonds. The average Bonchev–Trinajstić information content (AvgIpc) is 3.53. The molecular weight excluding hydrogens is 512 g/mol. The summed E-state index contributed by atoms with van der Waals surface area (Å²) in [6, 6.07) is 0. The van der Waals surface area contributed by atoms with Gasteiger partial charge in [-0.25, -0.2) is 14.8 Å². The van der Waals surface area contributed by atoms with E-state index in [0.29, 0.717) is 13.1 Å². The van der Waals surface area contributed by atoms with Gasteiger partial charge in [0.15, 0.2) is 10.3 Å². The van der Waals surface area contributed by atoms with Gasteiger partial charge in [-0.05, 0) is 20.8 Å². The van der Waals surface area contributed by atoms with Crippen molar-refractivity contribution < 1.29 is 19.0 Å². The van der Waals surface area contributed by atoms with Gasteiger partial charge in [0.05, 0.1) is 44.4 Å². The van der Waals surface area contributed by atoms with E-state index in [1.807, 2.05) is 32.1 Å². The van der Waals surface area contributed by atoms with E-state index in [0.717, 1.165) is 89.4 Å². The monoisotopic (exact) mass is 550 g/mol. The molecule has 0 spiro atoms. The zero-order chi connectivity index (χ0) is 25.8. The van der Waals surface area contributed by atoms with Crippen LogP contribution in [0.1, 0.15) is 41.9 Å². The molecule has 204 valence electrons. The van der Waals surface area contributed by atoms with Crippen LogP contribution in [0.25, 0.3) is 0 Å². The number of thiazole rings is 2. The van der Waals surface area contributed by atoms with E-state index in [2.05, 4.69) is 15.1 Å². The third-order valence-corrected chi connectivity index (χ3v) is 8.83. The lowest BCUT2D eigenvalue weighted by atomic mass is 10.2. The van der Waals surface area contributed by atoms with Crippen molar-refractivity contribution in [2.45, 2.75) is 52.3 Å². The highest BCUT2D eigenvalue weighted by Gasteiger charge is 2.29. The van der Waals surface area contributed by atoms with Crippen LogP contribution in [0.3, 0.4) is 0 Å². The molecule has 2 aromatic heterocycles. The van der Waals surface area contributed by atoms with Gasteiger partial charge in [-0.2, -0.15) is 0 Å². The highest BCUT2D eigenvalue weighted by Crippen LogP contribution is 2.32. The molecule has 4 aliphatic rings. The van der Waals surface area contributed by atoms with Gasteiger partial charge >= 0.3 is 6.09 Å². The van der Waals surface area contributed by atoms with Crippen LogP contribution in [0.5, 0.6) is 0 Å². The molecule has 4 aliphatic heterocycles. The van der Waals surface area contributed by atoms with E-state index in [1.165, 1.54) is 20.6 Å². The van der Waals surface area contributed by atoms with Crippen LogP contribution in [-0.4, -0.2) is 92.3 Å². The first-order chi connectivity index (χ1) is 17.9. The highest BCUT2D eigenvalue weighted by molar-refractivity contribution is 7.16. The predicted molar refractivity (Wildman–Crippen MR) is 146 cm³/mol. The van der Waals surface area contributed by atoms with Crippen LogP contribution in [0.4, 0.5) is 15.1 Å². The number of aromatic nitrogens is 2. The summed E-state index contributed by atoms with van der Waals surface area (Å²) in [5, 5.41) is 5.63. The van der Waals surface area contributed by atoms with E-state index in [9.17, 15) is 4.79 Å². The number of hydrogen-bond acceptors (Lipinski definition) is 11. The first-order valence-corrected chi connectivity index (χ1v) is 14.8. The number of nitrogens with zero attached hydrogens (tertiary/aromatic N) is 5. The van der Waals surface area contributed by atoms with Gasteiger partial charge in [-0.15, -0.1) is 11.3 Å². The number of carbonyl (C=O) groups is 1. The van der Waals surface area contributed by atoms with Crippen molar-refractivity contribution >= 4 is 39.0 Å². The van der Waals surface area contributed by atoms with Gasteiger partial charge in [0.1, 0.15) is 5.60 Å².